The minimum absolute atomic E-state index is 0.0693. The number of urea groups is 1. The molecule has 1 spiro atoms. The third-order valence-electron chi connectivity index (χ3n) is 3.31. The summed E-state index contributed by atoms with van der Waals surface area (Å²) in [5, 5.41) is 13.1. The number of aliphatic carboxylic acids is 1. The number of rotatable bonds is 4. The Hall–Kier alpha value is -2.16. The highest BCUT2D eigenvalue weighted by molar-refractivity contribution is 6.07. The van der Waals surface area contributed by atoms with Gasteiger partial charge in [0.25, 0.3) is 5.91 Å². The van der Waals surface area contributed by atoms with Crippen LogP contribution in [0.15, 0.2) is 0 Å². The van der Waals surface area contributed by atoms with Crippen LogP contribution in [0.1, 0.15) is 12.8 Å². The molecule has 0 aliphatic carbocycles. The Kier molecular flexibility index (Phi) is 3.89. The SMILES string of the molecule is O=C(O)COCC(=O)N1CCCC2(C1)NC(=O)NC2=O. The summed E-state index contributed by atoms with van der Waals surface area (Å²) in [6.07, 6.45) is 1.03. The summed E-state index contributed by atoms with van der Waals surface area (Å²) >= 11 is 0. The molecule has 0 radical (unpaired) electrons. The Morgan fingerprint density at radius 1 is 1.35 bits per heavy atom. The fourth-order valence-corrected chi connectivity index (χ4v) is 2.40. The molecule has 1 atom stereocenters. The number of carboxylic acids is 1. The van der Waals surface area contributed by atoms with Crippen LogP contribution in [-0.2, 0) is 19.1 Å². The van der Waals surface area contributed by atoms with Crippen molar-refractivity contribution in [3.05, 3.63) is 0 Å². The zero-order valence-electron chi connectivity index (χ0n) is 10.7. The Morgan fingerprint density at radius 3 is 2.70 bits per heavy atom. The van der Waals surface area contributed by atoms with Crippen molar-refractivity contribution in [1.29, 1.82) is 0 Å². The smallest absolute Gasteiger partial charge is 0.329 e. The van der Waals surface area contributed by atoms with Crippen LogP contribution in [0.5, 0.6) is 0 Å². The van der Waals surface area contributed by atoms with Gasteiger partial charge in [0, 0.05) is 6.54 Å². The lowest BCUT2D eigenvalue weighted by Gasteiger charge is -2.37. The maximum atomic E-state index is 11.9. The van der Waals surface area contributed by atoms with Crippen LogP contribution >= 0.6 is 0 Å². The maximum Gasteiger partial charge on any atom is 0.329 e. The second-order valence-corrected chi connectivity index (χ2v) is 4.80. The minimum atomic E-state index is -1.16. The number of carbonyl (C=O) groups excluding carboxylic acids is 3. The standard InChI is InChI=1S/C11H15N3O6/c15-7(4-20-5-8(16)17)14-3-1-2-11(6-14)9(18)12-10(19)13-11/h1-6H2,(H,16,17)(H2,12,13,18,19). The van der Waals surface area contributed by atoms with Crippen LogP contribution < -0.4 is 10.6 Å². The molecule has 0 aromatic rings. The first kappa shape index (κ1) is 14.3. The van der Waals surface area contributed by atoms with E-state index < -0.39 is 36.0 Å². The maximum absolute atomic E-state index is 11.9. The molecule has 0 saturated carbocycles. The van der Waals surface area contributed by atoms with Crippen LogP contribution in [0.4, 0.5) is 4.79 Å². The number of nitrogens with zero attached hydrogens (tertiary/aromatic N) is 1. The van der Waals surface area contributed by atoms with Crippen molar-refractivity contribution in [3.63, 3.8) is 0 Å². The Balaban J connectivity index is 1.93. The third kappa shape index (κ3) is 2.87. The van der Waals surface area contributed by atoms with Crippen LogP contribution in [0, 0.1) is 0 Å². The number of nitrogens with one attached hydrogen (secondary N) is 2. The van der Waals surface area contributed by atoms with Crippen molar-refractivity contribution in [2.75, 3.05) is 26.3 Å². The molecule has 2 rings (SSSR count). The molecule has 2 aliphatic rings. The lowest BCUT2D eigenvalue weighted by molar-refractivity contribution is -0.146. The van der Waals surface area contributed by atoms with Gasteiger partial charge in [0.1, 0.15) is 18.8 Å². The fraction of sp³-hybridized carbons (Fsp3) is 0.636. The van der Waals surface area contributed by atoms with E-state index in [9.17, 15) is 19.2 Å². The van der Waals surface area contributed by atoms with Crippen LogP contribution in [0.2, 0.25) is 0 Å². The summed E-state index contributed by atoms with van der Waals surface area (Å²) in [6.45, 7) is -0.403. The summed E-state index contributed by atoms with van der Waals surface area (Å²) < 4.78 is 4.73. The van der Waals surface area contributed by atoms with E-state index in [2.05, 4.69) is 10.6 Å². The number of carbonyl (C=O) groups is 4. The largest absolute Gasteiger partial charge is 0.480 e. The number of hydrogen-bond acceptors (Lipinski definition) is 5. The predicted molar refractivity (Wildman–Crippen MR) is 63.7 cm³/mol. The van der Waals surface area contributed by atoms with Gasteiger partial charge in [-0.05, 0) is 12.8 Å². The van der Waals surface area contributed by atoms with Gasteiger partial charge in [-0.15, -0.1) is 0 Å². The van der Waals surface area contributed by atoms with Crippen molar-refractivity contribution in [2.24, 2.45) is 0 Å². The number of imide groups is 1. The lowest BCUT2D eigenvalue weighted by Crippen LogP contribution is -2.60. The minimum Gasteiger partial charge on any atom is -0.480 e. The van der Waals surface area contributed by atoms with E-state index >= 15 is 0 Å². The van der Waals surface area contributed by atoms with Gasteiger partial charge in [-0.3, -0.25) is 14.9 Å². The quantitative estimate of drug-likeness (QED) is 0.528. The van der Waals surface area contributed by atoms with Crippen molar-refractivity contribution in [3.8, 4) is 0 Å². The molecular formula is C11H15N3O6. The molecule has 9 heteroatoms. The van der Waals surface area contributed by atoms with E-state index in [1.807, 2.05) is 0 Å². The van der Waals surface area contributed by atoms with Gasteiger partial charge in [-0.2, -0.15) is 0 Å². The summed E-state index contributed by atoms with van der Waals surface area (Å²) in [4.78, 5) is 46.6. The van der Waals surface area contributed by atoms with Crippen molar-refractivity contribution >= 4 is 23.8 Å². The molecule has 2 aliphatic heterocycles. The number of amides is 4. The molecule has 110 valence electrons. The fourth-order valence-electron chi connectivity index (χ4n) is 2.40. The molecule has 1 unspecified atom stereocenters. The summed E-state index contributed by atoms with van der Waals surface area (Å²) in [5.74, 6) is -2.00. The van der Waals surface area contributed by atoms with Crippen LogP contribution in [0.3, 0.4) is 0 Å². The molecular weight excluding hydrogens is 270 g/mol. The average molecular weight is 285 g/mol. The van der Waals surface area contributed by atoms with Crippen molar-refractivity contribution in [2.45, 2.75) is 18.4 Å². The number of ether oxygens (including phenoxy) is 1. The van der Waals surface area contributed by atoms with Crippen LogP contribution in [0.25, 0.3) is 0 Å². The normalized spacial score (nSPS) is 25.5. The van der Waals surface area contributed by atoms with Crippen molar-refractivity contribution in [1.82, 2.24) is 15.5 Å². The highest BCUT2D eigenvalue weighted by Crippen LogP contribution is 2.24. The molecule has 20 heavy (non-hydrogen) atoms. The van der Waals surface area contributed by atoms with E-state index in [-0.39, 0.29) is 13.2 Å². The number of hydrogen-bond donors (Lipinski definition) is 3. The molecule has 4 amide bonds. The summed E-state index contributed by atoms with van der Waals surface area (Å²) in [6, 6.07) is -0.563. The number of carboxylic acid groups (broad SMARTS) is 1. The van der Waals surface area contributed by atoms with Gasteiger partial charge in [-0.1, -0.05) is 0 Å². The first-order valence-corrected chi connectivity index (χ1v) is 6.14. The lowest BCUT2D eigenvalue weighted by atomic mass is 9.89. The summed E-state index contributed by atoms with van der Waals surface area (Å²) in [5.41, 5.74) is -1.07. The van der Waals surface area contributed by atoms with E-state index in [1.54, 1.807) is 0 Å². The molecule has 0 bridgehead atoms. The van der Waals surface area contributed by atoms with Gasteiger partial charge >= 0.3 is 12.0 Å². The van der Waals surface area contributed by atoms with E-state index in [1.165, 1.54) is 4.90 Å². The summed E-state index contributed by atoms with van der Waals surface area (Å²) in [7, 11) is 0. The van der Waals surface area contributed by atoms with Crippen molar-refractivity contribution < 1.29 is 29.0 Å². The molecule has 9 nitrogen and oxygen atoms in total. The van der Waals surface area contributed by atoms with Gasteiger partial charge < -0.3 is 20.1 Å². The van der Waals surface area contributed by atoms with Gasteiger partial charge in [0.05, 0.1) is 6.54 Å². The first-order chi connectivity index (χ1) is 9.43. The Labute approximate surface area is 114 Å². The molecule has 0 aromatic carbocycles. The van der Waals surface area contributed by atoms with E-state index in [4.69, 9.17) is 9.84 Å². The van der Waals surface area contributed by atoms with Gasteiger partial charge in [0.2, 0.25) is 5.91 Å². The second kappa shape index (κ2) is 5.45. The van der Waals surface area contributed by atoms with Gasteiger partial charge in [-0.25, -0.2) is 9.59 Å². The van der Waals surface area contributed by atoms with E-state index in [0.29, 0.717) is 19.4 Å². The second-order valence-electron chi connectivity index (χ2n) is 4.80. The number of piperidine rings is 1. The molecule has 0 aromatic heterocycles. The predicted octanol–water partition coefficient (Wildman–Crippen LogP) is -1.71. The van der Waals surface area contributed by atoms with E-state index in [0.717, 1.165) is 0 Å². The highest BCUT2D eigenvalue weighted by Gasteiger charge is 2.49. The average Bonchev–Trinajstić information content (AvgIpc) is 2.63. The zero-order valence-corrected chi connectivity index (χ0v) is 10.7. The molecule has 3 N–H and O–H groups in total. The monoisotopic (exact) mass is 285 g/mol. The molecule has 2 heterocycles. The highest BCUT2D eigenvalue weighted by atomic mass is 16.5. The molecule has 2 saturated heterocycles. The Morgan fingerprint density at radius 2 is 2.10 bits per heavy atom. The zero-order chi connectivity index (χ0) is 14.8. The number of likely N-dealkylation sites (tertiary alicyclic amines) is 1. The van der Waals surface area contributed by atoms with Gasteiger partial charge in [0.15, 0.2) is 0 Å². The first-order valence-electron chi connectivity index (χ1n) is 6.14. The van der Waals surface area contributed by atoms with Crippen LogP contribution in [-0.4, -0.2) is 65.7 Å². The third-order valence-corrected chi connectivity index (χ3v) is 3.31. The molecule has 2 fully saturated rings. The Bertz CT molecular complexity index is 465. The topological polar surface area (TPSA) is 125 Å².